The third kappa shape index (κ3) is 2.87. The molecule has 3 aromatic rings. The van der Waals surface area contributed by atoms with Gasteiger partial charge in [0.1, 0.15) is 0 Å². The second-order valence-electron chi connectivity index (χ2n) is 6.78. The van der Waals surface area contributed by atoms with Gasteiger partial charge in [0.15, 0.2) is 10.6 Å². The maximum Gasteiger partial charge on any atom is 0.200 e. The van der Waals surface area contributed by atoms with Crippen LogP contribution in [0, 0.1) is 27.9 Å². The first kappa shape index (κ1) is 18.0. The fourth-order valence-electron chi connectivity index (χ4n) is 3.40. The van der Waals surface area contributed by atoms with Gasteiger partial charge in [0.2, 0.25) is 0 Å². The van der Waals surface area contributed by atoms with Gasteiger partial charge in [0, 0.05) is 29.3 Å². The number of aromatic amines is 1. The molecule has 7 heteroatoms. The van der Waals surface area contributed by atoms with Crippen LogP contribution in [0.2, 0.25) is 0 Å². The van der Waals surface area contributed by atoms with Gasteiger partial charge in [0.25, 0.3) is 0 Å². The quantitative estimate of drug-likeness (QED) is 0.531. The van der Waals surface area contributed by atoms with Crippen molar-refractivity contribution in [2.45, 2.75) is 25.9 Å². The zero-order valence-electron chi connectivity index (χ0n) is 15.5. The highest BCUT2D eigenvalue weighted by atomic mass is 32.1. The summed E-state index contributed by atoms with van der Waals surface area (Å²) in [5.41, 5.74) is 8.91. The molecule has 0 spiro atoms. The monoisotopic (exact) mass is 386 g/mol. The molecule has 0 aliphatic heterocycles. The molecule has 1 unspecified atom stereocenters. The summed E-state index contributed by atoms with van der Waals surface area (Å²) >= 11 is 5.53. The van der Waals surface area contributed by atoms with Crippen LogP contribution in [-0.2, 0) is 0 Å². The van der Waals surface area contributed by atoms with E-state index in [1.54, 1.807) is 12.2 Å². The Hall–Kier alpha value is -3.39. The average Bonchev–Trinajstić information content (AvgIpc) is 3.22. The number of nitrogens with zero attached hydrogens (tertiary/aromatic N) is 4. The van der Waals surface area contributed by atoms with Crippen LogP contribution < -0.4 is 5.73 Å². The van der Waals surface area contributed by atoms with Crippen molar-refractivity contribution in [1.82, 2.24) is 19.3 Å². The summed E-state index contributed by atoms with van der Waals surface area (Å²) in [6.45, 7) is 4.28. The lowest BCUT2D eigenvalue weighted by Crippen LogP contribution is -2.14. The molecular formula is C21H18N6S. The number of hydrogen-bond acceptors (Lipinski definition) is 4. The van der Waals surface area contributed by atoms with E-state index in [0.717, 1.165) is 16.6 Å². The smallest absolute Gasteiger partial charge is 0.200 e. The molecule has 0 bridgehead atoms. The largest absolute Gasteiger partial charge is 0.345 e. The number of hydrogen-bond donors (Lipinski definition) is 2. The van der Waals surface area contributed by atoms with E-state index in [1.807, 2.05) is 16.7 Å². The summed E-state index contributed by atoms with van der Waals surface area (Å²) in [5, 5.41) is 17.9. The number of nitrogens with one attached hydrogen (secondary N) is 1. The SMILES string of the molecule is CC(C)n1ccc2c(-n3c(C4=CC#CC(N)C=C4C#N)n[nH]c3=S)cccc21. The van der Waals surface area contributed by atoms with Gasteiger partial charge in [-0.3, -0.25) is 9.67 Å². The molecule has 0 saturated heterocycles. The van der Waals surface area contributed by atoms with Gasteiger partial charge in [-0.1, -0.05) is 17.9 Å². The van der Waals surface area contributed by atoms with E-state index < -0.39 is 6.04 Å². The molecule has 1 aliphatic rings. The van der Waals surface area contributed by atoms with Crippen molar-refractivity contribution >= 4 is 28.7 Å². The number of allylic oxidation sites excluding steroid dienone is 3. The molecule has 3 N–H and O–H groups in total. The standard InChI is InChI=1S/C21H18N6S/c1-13(2)26-10-9-17-18(26)7-4-8-19(17)27-20(24-25-21(27)28)16-6-3-5-15(23)11-14(16)12-22/h4,6-11,13,15H,23H2,1-2H3,(H,25,28). The van der Waals surface area contributed by atoms with Gasteiger partial charge in [-0.05, 0) is 50.3 Å². The third-order valence-electron chi connectivity index (χ3n) is 4.67. The van der Waals surface area contributed by atoms with Gasteiger partial charge in [0.05, 0.1) is 28.9 Å². The van der Waals surface area contributed by atoms with Crippen LogP contribution >= 0.6 is 12.2 Å². The Labute approximate surface area is 167 Å². The van der Waals surface area contributed by atoms with E-state index in [1.165, 1.54) is 0 Å². The van der Waals surface area contributed by atoms with Crippen molar-refractivity contribution in [3.63, 3.8) is 0 Å². The molecule has 4 rings (SSSR count). The number of fused-ring (bicyclic) bond motifs is 1. The van der Waals surface area contributed by atoms with Crippen LogP contribution in [0.3, 0.4) is 0 Å². The average molecular weight is 386 g/mol. The van der Waals surface area contributed by atoms with E-state index in [2.05, 4.69) is 64.9 Å². The maximum atomic E-state index is 9.62. The molecular weight excluding hydrogens is 368 g/mol. The predicted molar refractivity (Wildman–Crippen MR) is 112 cm³/mol. The van der Waals surface area contributed by atoms with E-state index in [9.17, 15) is 5.26 Å². The van der Waals surface area contributed by atoms with Crippen LogP contribution in [0.5, 0.6) is 0 Å². The van der Waals surface area contributed by atoms with Crippen LogP contribution in [-0.4, -0.2) is 25.4 Å². The Balaban J connectivity index is 1.98. The first-order valence-corrected chi connectivity index (χ1v) is 9.29. The van der Waals surface area contributed by atoms with Crippen molar-refractivity contribution in [3.05, 3.63) is 58.8 Å². The molecule has 2 aromatic heterocycles. The lowest BCUT2D eigenvalue weighted by atomic mass is 10.0. The lowest BCUT2D eigenvalue weighted by molar-refractivity contribution is 0.623. The zero-order chi connectivity index (χ0) is 19.8. The summed E-state index contributed by atoms with van der Waals surface area (Å²) in [4.78, 5) is 0. The highest BCUT2D eigenvalue weighted by Crippen LogP contribution is 2.30. The van der Waals surface area contributed by atoms with Crippen molar-refractivity contribution in [2.75, 3.05) is 0 Å². The first-order chi connectivity index (χ1) is 13.5. The summed E-state index contributed by atoms with van der Waals surface area (Å²) in [6.07, 6.45) is 5.38. The topological polar surface area (TPSA) is 88.3 Å². The summed E-state index contributed by atoms with van der Waals surface area (Å²) in [7, 11) is 0. The molecule has 0 fully saturated rings. The number of H-pyrrole nitrogens is 1. The number of aromatic nitrogens is 4. The van der Waals surface area contributed by atoms with Crippen LogP contribution in [0.1, 0.15) is 25.7 Å². The first-order valence-electron chi connectivity index (χ1n) is 8.88. The van der Waals surface area contributed by atoms with Crippen molar-refractivity contribution in [3.8, 4) is 23.6 Å². The minimum absolute atomic E-state index is 0.332. The minimum Gasteiger partial charge on any atom is -0.345 e. The van der Waals surface area contributed by atoms with Gasteiger partial charge >= 0.3 is 0 Å². The Kier molecular flexibility index (Phi) is 4.48. The molecule has 0 saturated carbocycles. The van der Waals surface area contributed by atoms with Crippen molar-refractivity contribution < 1.29 is 0 Å². The summed E-state index contributed by atoms with van der Waals surface area (Å²) in [6, 6.07) is 10.2. The molecule has 2 heterocycles. The lowest BCUT2D eigenvalue weighted by Gasteiger charge is -2.12. The number of rotatable bonds is 3. The normalized spacial score (nSPS) is 16.2. The minimum atomic E-state index is -0.498. The van der Waals surface area contributed by atoms with E-state index >= 15 is 0 Å². The highest BCUT2D eigenvalue weighted by Gasteiger charge is 2.20. The predicted octanol–water partition coefficient (Wildman–Crippen LogP) is 3.64. The molecule has 6 nitrogen and oxygen atoms in total. The van der Waals surface area contributed by atoms with E-state index in [0.29, 0.717) is 27.8 Å². The Morgan fingerprint density at radius 3 is 2.93 bits per heavy atom. The fraction of sp³-hybridized carbons (Fsp3) is 0.190. The number of nitriles is 1. The van der Waals surface area contributed by atoms with Crippen LogP contribution in [0.25, 0.3) is 22.2 Å². The third-order valence-corrected chi connectivity index (χ3v) is 4.95. The van der Waals surface area contributed by atoms with Gasteiger partial charge < -0.3 is 10.3 Å². The van der Waals surface area contributed by atoms with Crippen molar-refractivity contribution in [2.24, 2.45) is 5.73 Å². The molecule has 1 aromatic carbocycles. The highest BCUT2D eigenvalue weighted by molar-refractivity contribution is 7.71. The van der Waals surface area contributed by atoms with Gasteiger partial charge in [-0.25, -0.2) is 0 Å². The second-order valence-corrected chi connectivity index (χ2v) is 7.17. The molecule has 28 heavy (non-hydrogen) atoms. The van der Waals surface area contributed by atoms with Crippen LogP contribution in [0.15, 0.2) is 48.2 Å². The second kappa shape index (κ2) is 6.97. The number of nitrogens with two attached hydrogens (primary N) is 1. The Morgan fingerprint density at radius 1 is 1.36 bits per heavy atom. The number of benzene rings is 1. The zero-order valence-corrected chi connectivity index (χ0v) is 16.3. The Morgan fingerprint density at radius 2 is 2.18 bits per heavy atom. The van der Waals surface area contributed by atoms with E-state index in [4.69, 9.17) is 18.0 Å². The Bertz CT molecular complexity index is 1300. The van der Waals surface area contributed by atoms with Crippen molar-refractivity contribution in [1.29, 1.82) is 5.26 Å². The fourth-order valence-corrected chi connectivity index (χ4v) is 3.63. The summed E-state index contributed by atoms with van der Waals surface area (Å²) in [5.74, 6) is 6.31. The van der Waals surface area contributed by atoms with Gasteiger partial charge in [-0.15, -0.1) is 0 Å². The summed E-state index contributed by atoms with van der Waals surface area (Å²) < 4.78 is 4.50. The molecule has 1 aliphatic carbocycles. The van der Waals surface area contributed by atoms with Gasteiger partial charge in [-0.2, -0.15) is 10.4 Å². The molecule has 0 amide bonds. The molecule has 1 atom stereocenters. The van der Waals surface area contributed by atoms with E-state index in [-0.39, 0.29) is 0 Å². The molecule has 0 radical (unpaired) electrons. The molecule has 138 valence electrons. The maximum absolute atomic E-state index is 9.62. The van der Waals surface area contributed by atoms with Crippen LogP contribution in [0.4, 0.5) is 0 Å².